The summed E-state index contributed by atoms with van der Waals surface area (Å²) in [5, 5.41) is 9.24. The normalized spacial score (nSPS) is 28.4. The van der Waals surface area contributed by atoms with Crippen LogP contribution in [-0.2, 0) is 6.42 Å². The van der Waals surface area contributed by atoms with E-state index >= 15 is 0 Å². The highest BCUT2D eigenvalue weighted by Gasteiger charge is 2.44. The van der Waals surface area contributed by atoms with Crippen molar-refractivity contribution in [2.24, 2.45) is 0 Å². The van der Waals surface area contributed by atoms with Crippen LogP contribution >= 0.6 is 0 Å². The van der Waals surface area contributed by atoms with Gasteiger partial charge >= 0.3 is 6.09 Å². The molecular formula is C15H20N2O3. The summed E-state index contributed by atoms with van der Waals surface area (Å²) in [6, 6.07) is 6.06. The molecule has 2 fully saturated rings. The molecule has 0 aliphatic carbocycles. The monoisotopic (exact) mass is 276 g/mol. The molecule has 2 bridgehead atoms. The molecule has 2 saturated heterocycles. The highest BCUT2D eigenvalue weighted by molar-refractivity contribution is 5.66. The molecule has 2 aliphatic heterocycles. The zero-order chi connectivity index (χ0) is 14.1. The van der Waals surface area contributed by atoms with Crippen molar-refractivity contribution in [2.75, 3.05) is 0 Å². The molecule has 0 spiro atoms. The Kier molecular flexibility index (Phi) is 3.51. The van der Waals surface area contributed by atoms with Gasteiger partial charge in [0.1, 0.15) is 6.10 Å². The number of fused-ring (bicyclic) bond motifs is 2. The molecule has 108 valence electrons. The summed E-state index contributed by atoms with van der Waals surface area (Å²) in [6.07, 6.45) is 3.66. The first-order valence-electron chi connectivity index (χ1n) is 7.31. The molecule has 20 heavy (non-hydrogen) atoms. The first kappa shape index (κ1) is 13.2. The van der Waals surface area contributed by atoms with E-state index in [0.717, 1.165) is 37.8 Å². The standard InChI is InChI=1S/C15H20N2O3/c1-2-10-4-3-5-14(16-10)20-13-8-11-6-7-12(9-13)17(11)15(18)19/h3-5,11-13H,2,6-9H2,1H3,(H,18,19)/t11-,12+,13?. The Balaban J connectivity index is 1.67. The van der Waals surface area contributed by atoms with Crippen LogP contribution in [0, 0.1) is 0 Å². The maximum atomic E-state index is 11.2. The Morgan fingerprint density at radius 1 is 1.40 bits per heavy atom. The van der Waals surface area contributed by atoms with Crippen molar-refractivity contribution in [1.29, 1.82) is 0 Å². The quantitative estimate of drug-likeness (QED) is 0.922. The second-order valence-electron chi connectivity index (χ2n) is 5.61. The number of hydrogen-bond donors (Lipinski definition) is 1. The molecule has 3 heterocycles. The van der Waals surface area contributed by atoms with E-state index in [1.807, 2.05) is 18.2 Å². The fourth-order valence-electron chi connectivity index (χ4n) is 3.43. The highest BCUT2D eigenvalue weighted by atomic mass is 16.5. The van der Waals surface area contributed by atoms with E-state index in [4.69, 9.17) is 4.74 Å². The van der Waals surface area contributed by atoms with Crippen LogP contribution in [0.25, 0.3) is 0 Å². The van der Waals surface area contributed by atoms with Gasteiger partial charge in [-0.25, -0.2) is 9.78 Å². The number of aromatic nitrogens is 1. The van der Waals surface area contributed by atoms with Gasteiger partial charge in [-0.2, -0.15) is 0 Å². The number of ether oxygens (including phenoxy) is 1. The summed E-state index contributed by atoms with van der Waals surface area (Å²) in [4.78, 5) is 17.3. The SMILES string of the molecule is CCc1cccc(OC2C[C@H]3CC[C@@H](C2)N3C(=O)O)n1. The van der Waals surface area contributed by atoms with Gasteiger partial charge in [-0.1, -0.05) is 13.0 Å². The third-order valence-electron chi connectivity index (χ3n) is 4.34. The molecule has 1 unspecified atom stereocenters. The largest absolute Gasteiger partial charge is 0.474 e. The van der Waals surface area contributed by atoms with Crippen molar-refractivity contribution >= 4 is 6.09 Å². The Morgan fingerprint density at radius 2 is 2.10 bits per heavy atom. The zero-order valence-corrected chi connectivity index (χ0v) is 11.7. The molecule has 5 nitrogen and oxygen atoms in total. The number of nitrogens with zero attached hydrogens (tertiary/aromatic N) is 2. The maximum Gasteiger partial charge on any atom is 0.407 e. The molecule has 1 amide bonds. The third-order valence-corrected chi connectivity index (χ3v) is 4.34. The van der Waals surface area contributed by atoms with Crippen LogP contribution in [0.1, 0.15) is 38.3 Å². The summed E-state index contributed by atoms with van der Waals surface area (Å²) >= 11 is 0. The lowest BCUT2D eigenvalue weighted by Crippen LogP contribution is -2.48. The van der Waals surface area contributed by atoms with Crippen LogP contribution in [-0.4, -0.2) is 39.3 Å². The number of carbonyl (C=O) groups is 1. The van der Waals surface area contributed by atoms with Crippen molar-refractivity contribution in [1.82, 2.24) is 9.88 Å². The number of amides is 1. The van der Waals surface area contributed by atoms with E-state index in [1.165, 1.54) is 0 Å². The van der Waals surface area contributed by atoms with Gasteiger partial charge in [0.2, 0.25) is 5.88 Å². The lowest BCUT2D eigenvalue weighted by Gasteiger charge is -2.36. The summed E-state index contributed by atoms with van der Waals surface area (Å²) in [6.45, 7) is 2.07. The average Bonchev–Trinajstić information content (AvgIpc) is 2.71. The van der Waals surface area contributed by atoms with Gasteiger partial charge in [0.15, 0.2) is 0 Å². The van der Waals surface area contributed by atoms with Gasteiger partial charge in [0.25, 0.3) is 0 Å². The van der Waals surface area contributed by atoms with Crippen molar-refractivity contribution in [3.05, 3.63) is 23.9 Å². The number of piperidine rings is 1. The molecule has 3 rings (SSSR count). The number of rotatable bonds is 3. The van der Waals surface area contributed by atoms with E-state index in [2.05, 4.69) is 11.9 Å². The van der Waals surface area contributed by atoms with E-state index in [1.54, 1.807) is 4.90 Å². The lowest BCUT2D eigenvalue weighted by atomic mass is 10.0. The number of aryl methyl sites for hydroxylation is 1. The molecule has 1 N–H and O–H groups in total. The number of hydrogen-bond acceptors (Lipinski definition) is 3. The predicted molar refractivity (Wildman–Crippen MR) is 73.9 cm³/mol. The first-order valence-corrected chi connectivity index (χ1v) is 7.31. The Morgan fingerprint density at radius 3 is 2.70 bits per heavy atom. The fourth-order valence-corrected chi connectivity index (χ4v) is 3.43. The molecule has 3 atom stereocenters. The molecule has 0 radical (unpaired) electrons. The Bertz CT molecular complexity index is 492. The fraction of sp³-hybridized carbons (Fsp3) is 0.600. The Hall–Kier alpha value is -1.78. The van der Waals surface area contributed by atoms with Crippen LogP contribution in [0.2, 0.25) is 0 Å². The molecule has 5 heteroatoms. The summed E-state index contributed by atoms with van der Waals surface area (Å²) in [7, 11) is 0. The molecule has 0 aromatic carbocycles. The van der Waals surface area contributed by atoms with Crippen LogP contribution in [0.4, 0.5) is 4.79 Å². The minimum atomic E-state index is -0.790. The maximum absolute atomic E-state index is 11.2. The van der Waals surface area contributed by atoms with E-state index < -0.39 is 6.09 Å². The van der Waals surface area contributed by atoms with Gasteiger partial charge in [0, 0.05) is 36.7 Å². The van der Waals surface area contributed by atoms with Gasteiger partial charge in [-0.3, -0.25) is 0 Å². The summed E-state index contributed by atoms with van der Waals surface area (Å²) < 4.78 is 5.98. The highest BCUT2D eigenvalue weighted by Crippen LogP contribution is 2.37. The molecule has 1 aromatic heterocycles. The minimum Gasteiger partial charge on any atom is -0.474 e. The Labute approximate surface area is 118 Å². The minimum absolute atomic E-state index is 0.0858. The van der Waals surface area contributed by atoms with Gasteiger partial charge in [-0.15, -0.1) is 0 Å². The first-order chi connectivity index (χ1) is 9.67. The van der Waals surface area contributed by atoms with Gasteiger partial charge < -0.3 is 14.7 Å². The topological polar surface area (TPSA) is 62.7 Å². The van der Waals surface area contributed by atoms with Crippen molar-refractivity contribution in [2.45, 2.75) is 57.2 Å². The summed E-state index contributed by atoms with van der Waals surface area (Å²) in [5.74, 6) is 0.664. The summed E-state index contributed by atoms with van der Waals surface area (Å²) in [5.41, 5.74) is 1.02. The lowest BCUT2D eigenvalue weighted by molar-refractivity contribution is 0.0476. The van der Waals surface area contributed by atoms with Crippen LogP contribution in [0.3, 0.4) is 0 Å². The number of carboxylic acid groups (broad SMARTS) is 1. The van der Waals surface area contributed by atoms with Gasteiger partial charge in [-0.05, 0) is 25.3 Å². The van der Waals surface area contributed by atoms with Crippen LogP contribution in [0.15, 0.2) is 18.2 Å². The van der Waals surface area contributed by atoms with Crippen LogP contribution < -0.4 is 4.74 Å². The second-order valence-corrected chi connectivity index (χ2v) is 5.61. The molecular weight excluding hydrogens is 256 g/mol. The number of pyridine rings is 1. The van der Waals surface area contributed by atoms with Crippen molar-refractivity contribution < 1.29 is 14.6 Å². The third kappa shape index (κ3) is 2.44. The van der Waals surface area contributed by atoms with Gasteiger partial charge in [0.05, 0.1) is 0 Å². The zero-order valence-electron chi connectivity index (χ0n) is 11.7. The second kappa shape index (κ2) is 5.31. The molecule has 2 aliphatic rings. The van der Waals surface area contributed by atoms with E-state index in [0.29, 0.717) is 5.88 Å². The molecule has 0 saturated carbocycles. The molecule has 1 aromatic rings. The van der Waals surface area contributed by atoms with Crippen LogP contribution in [0.5, 0.6) is 5.88 Å². The van der Waals surface area contributed by atoms with E-state index in [-0.39, 0.29) is 18.2 Å². The van der Waals surface area contributed by atoms with E-state index in [9.17, 15) is 9.90 Å². The van der Waals surface area contributed by atoms with Crippen molar-refractivity contribution in [3.8, 4) is 5.88 Å². The average molecular weight is 276 g/mol. The van der Waals surface area contributed by atoms with Crippen molar-refractivity contribution in [3.63, 3.8) is 0 Å². The smallest absolute Gasteiger partial charge is 0.407 e. The predicted octanol–water partition coefficient (Wildman–Crippen LogP) is 2.70.